The van der Waals surface area contributed by atoms with E-state index in [1.54, 1.807) is 13.0 Å². The van der Waals surface area contributed by atoms with Crippen molar-refractivity contribution in [3.8, 4) is 0 Å². The van der Waals surface area contributed by atoms with Crippen molar-refractivity contribution in [1.82, 2.24) is 0 Å². The number of furan rings is 1. The molecule has 0 saturated heterocycles. The molecule has 1 aliphatic rings. The Hall–Kier alpha value is -2.13. The third kappa shape index (κ3) is 4.64. The number of carbonyl (C=O) groups excluding carboxylic acids is 3. The normalized spacial score (nSPS) is 15.6. The molecule has 28 heavy (non-hydrogen) atoms. The molecule has 1 unspecified atom stereocenters. The Bertz CT molecular complexity index is 902. The third-order valence-corrected chi connectivity index (χ3v) is 5.95. The molecule has 0 spiro atoms. The Labute approximate surface area is 174 Å². The van der Waals surface area contributed by atoms with Crippen molar-refractivity contribution >= 4 is 50.1 Å². The van der Waals surface area contributed by atoms with Gasteiger partial charge in [-0.15, -0.1) is 11.3 Å². The van der Waals surface area contributed by atoms with Gasteiger partial charge in [0, 0.05) is 4.88 Å². The standard InChI is InChI=1S/C19H20BrNO6S/c1-3-25-19(24)16-11-5-4-10(2)8-13(11)28-17(16)21-15(22)9-26-18(23)12-6-7-14(20)27-12/h6-7,10H,3-5,8-9H2,1-2H3,(H,21,22). The van der Waals surface area contributed by atoms with Gasteiger partial charge < -0.3 is 19.2 Å². The maximum absolute atomic E-state index is 12.4. The molecule has 1 amide bonds. The van der Waals surface area contributed by atoms with E-state index in [4.69, 9.17) is 13.9 Å². The van der Waals surface area contributed by atoms with Gasteiger partial charge in [-0.1, -0.05) is 6.92 Å². The number of anilines is 1. The predicted octanol–water partition coefficient (Wildman–Crippen LogP) is 4.20. The van der Waals surface area contributed by atoms with Crippen molar-refractivity contribution in [3.05, 3.63) is 38.6 Å². The maximum Gasteiger partial charge on any atom is 0.374 e. The summed E-state index contributed by atoms with van der Waals surface area (Å²) in [6.07, 6.45) is 2.63. The summed E-state index contributed by atoms with van der Waals surface area (Å²) in [7, 11) is 0. The number of nitrogens with one attached hydrogen (secondary N) is 1. The van der Waals surface area contributed by atoms with Crippen LogP contribution < -0.4 is 5.32 Å². The fourth-order valence-corrected chi connectivity index (χ4v) is 4.77. The zero-order valence-electron chi connectivity index (χ0n) is 15.5. The van der Waals surface area contributed by atoms with Crippen molar-refractivity contribution in [3.63, 3.8) is 0 Å². The van der Waals surface area contributed by atoms with Crippen molar-refractivity contribution in [1.29, 1.82) is 0 Å². The molecule has 2 aromatic rings. The first-order valence-corrected chi connectivity index (χ1v) is 10.5. The fourth-order valence-electron chi connectivity index (χ4n) is 3.05. The maximum atomic E-state index is 12.4. The summed E-state index contributed by atoms with van der Waals surface area (Å²) in [5, 5.41) is 3.14. The van der Waals surface area contributed by atoms with E-state index in [-0.39, 0.29) is 12.4 Å². The van der Waals surface area contributed by atoms with E-state index < -0.39 is 24.5 Å². The van der Waals surface area contributed by atoms with E-state index in [1.807, 2.05) is 0 Å². The quantitative estimate of drug-likeness (QED) is 0.636. The van der Waals surface area contributed by atoms with Gasteiger partial charge in [0.1, 0.15) is 5.00 Å². The molecule has 0 aromatic carbocycles. The van der Waals surface area contributed by atoms with E-state index >= 15 is 0 Å². The van der Waals surface area contributed by atoms with Crippen LogP contribution in [0.1, 0.15) is 51.6 Å². The number of halogens is 1. The lowest BCUT2D eigenvalue weighted by Gasteiger charge is -2.18. The Morgan fingerprint density at radius 3 is 2.75 bits per heavy atom. The van der Waals surface area contributed by atoms with E-state index in [2.05, 4.69) is 28.2 Å². The minimum atomic E-state index is -0.745. The summed E-state index contributed by atoms with van der Waals surface area (Å²) < 4.78 is 15.6. The number of hydrogen-bond acceptors (Lipinski definition) is 7. The molecular weight excluding hydrogens is 450 g/mol. The molecule has 1 atom stereocenters. The van der Waals surface area contributed by atoms with E-state index in [1.165, 1.54) is 17.4 Å². The van der Waals surface area contributed by atoms with Crippen molar-refractivity contribution in [2.75, 3.05) is 18.5 Å². The van der Waals surface area contributed by atoms with Crippen molar-refractivity contribution in [2.45, 2.75) is 33.1 Å². The van der Waals surface area contributed by atoms with Gasteiger partial charge >= 0.3 is 11.9 Å². The highest BCUT2D eigenvalue weighted by Crippen LogP contribution is 2.40. The van der Waals surface area contributed by atoms with Gasteiger partial charge in [0.15, 0.2) is 11.3 Å². The fraction of sp³-hybridized carbons (Fsp3) is 0.421. The molecule has 1 N–H and O–H groups in total. The highest BCUT2D eigenvalue weighted by atomic mass is 79.9. The van der Waals surface area contributed by atoms with E-state index in [0.29, 0.717) is 21.2 Å². The Kier molecular flexibility index (Phi) is 6.56. The average Bonchev–Trinajstić information content (AvgIpc) is 3.22. The van der Waals surface area contributed by atoms with Crippen LogP contribution in [-0.2, 0) is 27.1 Å². The molecular formula is C19H20BrNO6S. The average molecular weight is 470 g/mol. The lowest BCUT2D eigenvalue weighted by Crippen LogP contribution is -2.22. The van der Waals surface area contributed by atoms with Crippen LogP contribution in [-0.4, -0.2) is 31.1 Å². The molecule has 9 heteroatoms. The number of ether oxygens (including phenoxy) is 2. The lowest BCUT2D eigenvalue weighted by atomic mass is 9.88. The number of esters is 2. The second-order valence-electron chi connectivity index (χ2n) is 6.50. The summed E-state index contributed by atoms with van der Waals surface area (Å²) in [6.45, 7) is 3.67. The summed E-state index contributed by atoms with van der Waals surface area (Å²) in [5.74, 6) is -1.20. The highest BCUT2D eigenvalue weighted by Gasteiger charge is 2.29. The van der Waals surface area contributed by atoms with Gasteiger partial charge in [-0.05, 0) is 65.7 Å². The molecule has 7 nitrogen and oxygen atoms in total. The van der Waals surface area contributed by atoms with Crippen LogP contribution in [0.4, 0.5) is 5.00 Å². The molecule has 0 fully saturated rings. The Balaban J connectivity index is 1.71. The van der Waals surface area contributed by atoms with Crippen molar-refractivity contribution < 1.29 is 28.3 Å². The van der Waals surface area contributed by atoms with Gasteiger partial charge in [-0.25, -0.2) is 9.59 Å². The molecule has 3 rings (SSSR count). The first-order chi connectivity index (χ1) is 13.4. The lowest BCUT2D eigenvalue weighted by molar-refractivity contribution is -0.119. The van der Waals surface area contributed by atoms with Gasteiger partial charge in [0.2, 0.25) is 5.76 Å². The van der Waals surface area contributed by atoms with Crippen LogP contribution >= 0.6 is 27.3 Å². The van der Waals surface area contributed by atoms with Crippen LogP contribution in [0, 0.1) is 5.92 Å². The van der Waals surface area contributed by atoms with Crippen LogP contribution in [0.2, 0.25) is 0 Å². The first kappa shape index (κ1) is 20.6. The Morgan fingerprint density at radius 2 is 2.07 bits per heavy atom. The van der Waals surface area contributed by atoms with Crippen LogP contribution in [0.3, 0.4) is 0 Å². The molecule has 0 bridgehead atoms. The molecule has 0 radical (unpaired) electrons. The summed E-state index contributed by atoms with van der Waals surface area (Å²) in [5.41, 5.74) is 1.37. The minimum Gasteiger partial charge on any atom is -0.462 e. The zero-order chi connectivity index (χ0) is 20.3. The molecule has 2 aromatic heterocycles. The Morgan fingerprint density at radius 1 is 1.29 bits per heavy atom. The smallest absolute Gasteiger partial charge is 0.374 e. The molecule has 0 aliphatic heterocycles. The summed E-state index contributed by atoms with van der Waals surface area (Å²) in [4.78, 5) is 37.7. The number of amides is 1. The van der Waals surface area contributed by atoms with E-state index in [9.17, 15) is 14.4 Å². The topological polar surface area (TPSA) is 94.8 Å². The highest BCUT2D eigenvalue weighted by molar-refractivity contribution is 9.10. The molecule has 150 valence electrons. The number of rotatable bonds is 6. The van der Waals surface area contributed by atoms with Crippen LogP contribution in [0.25, 0.3) is 0 Å². The van der Waals surface area contributed by atoms with Gasteiger partial charge in [-0.2, -0.15) is 0 Å². The van der Waals surface area contributed by atoms with Crippen LogP contribution in [0.15, 0.2) is 21.2 Å². The van der Waals surface area contributed by atoms with Gasteiger partial charge in [-0.3, -0.25) is 4.79 Å². The van der Waals surface area contributed by atoms with Crippen molar-refractivity contribution in [2.24, 2.45) is 5.92 Å². The zero-order valence-corrected chi connectivity index (χ0v) is 17.9. The third-order valence-electron chi connectivity index (χ3n) is 4.35. The molecule has 2 heterocycles. The largest absolute Gasteiger partial charge is 0.462 e. The SMILES string of the molecule is CCOC(=O)c1c(NC(=O)COC(=O)c2ccc(Br)o2)sc2c1CCC(C)C2. The number of hydrogen-bond donors (Lipinski definition) is 1. The minimum absolute atomic E-state index is 0.00698. The summed E-state index contributed by atoms with van der Waals surface area (Å²) >= 11 is 4.48. The summed E-state index contributed by atoms with van der Waals surface area (Å²) in [6, 6.07) is 3.00. The second kappa shape index (κ2) is 8.91. The first-order valence-electron chi connectivity index (χ1n) is 8.93. The van der Waals surface area contributed by atoms with Gasteiger partial charge in [0.05, 0.1) is 12.2 Å². The monoisotopic (exact) mass is 469 g/mol. The molecule has 0 saturated carbocycles. The second-order valence-corrected chi connectivity index (χ2v) is 8.39. The molecule has 1 aliphatic carbocycles. The number of carbonyl (C=O) groups is 3. The van der Waals surface area contributed by atoms with E-state index in [0.717, 1.165) is 29.7 Å². The number of thiophene rings is 1. The predicted molar refractivity (Wildman–Crippen MR) is 107 cm³/mol. The van der Waals surface area contributed by atoms with Crippen LogP contribution in [0.5, 0.6) is 0 Å². The van der Waals surface area contributed by atoms with Gasteiger partial charge in [0.25, 0.3) is 5.91 Å². The number of fused-ring (bicyclic) bond motifs is 1.